The highest BCUT2D eigenvalue weighted by molar-refractivity contribution is 6.46. The van der Waals surface area contributed by atoms with Gasteiger partial charge in [0.05, 0.1) is 30.4 Å². The molecule has 1 atom stereocenters. The lowest BCUT2D eigenvalue weighted by Gasteiger charge is -2.25. The van der Waals surface area contributed by atoms with Crippen molar-refractivity contribution in [3.8, 4) is 5.75 Å². The Hall–Kier alpha value is -3.19. The second-order valence-electron chi connectivity index (χ2n) is 8.35. The molecule has 2 heterocycles. The molecule has 2 aromatic rings. The number of aryl methyl sites for hydroxylation is 1. The van der Waals surface area contributed by atoms with Crippen molar-refractivity contribution in [2.45, 2.75) is 52.9 Å². The SMILES string of the molecule is Cc1cc(/C(O)=C2/C(=O)C(=O)N(CCOC(C)C)C2c2cccnc2)ccc1OC(C)C. The molecule has 0 spiro atoms. The number of hydrogen-bond acceptors (Lipinski definition) is 6. The lowest BCUT2D eigenvalue weighted by Crippen LogP contribution is -2.33. The van der Waals surface area contributed by atoms with Crippen LogP contribution in [0.1, 0.15) is 50.4 Å². The van der Waals surface area contributed by atoms with Crippen LogP contribution in [0.5, 0.6) is 5.75 Å². The Kier molecular flexibility index (Phi) is 7.30. The molecule has 0 bridgehead atoms. The number of likely N-dealkylation sites (tertiary alicyclic amines) is 1. The predicted molar refractivity (Wildman–Crippen MR) is 121 cm³/mol. The molecular weight excluding hydrogens is 408 g/mol. The standard InChI is InChI=1S/C25H30N2O5/c1-15(2)31-12-11-27-22(19-7-6-10-26-14-19)21(24(29)25(27)30)23(28)18-8-9-20(17(5)13-18)32-16(3)4/h6-10,13-16,22,28H,11-12H2,1-5H3/b23-21-. The van der Waals surface area contributed by atoms with Gasteiger partial charge < -0.3 is 19.5 Å². The van der Waals surface area contributed by atoms with Gasteiger partial charge in [-0.3, -0.25) is 14.6 Å². The van der Waals surface area contributed by atoms with E-state index in [4.69, 9.17) is 9.47 Å². The first-order chi connectivity index (χ1) is 15.2. The van der Waals surface area contributed by atoms with E-state index in [0.29, 0.717) is 16.9 Å². The summed E-state index contributed by atoms with van der Waals surface area (Å²) in [4.78, 5) is 31.5. The minimum Gasteiger partial charge on any atom is -0.507 e. The average Bonchev–Trinajstić information content (AvgIpc) is 2.99. The molecule has 1 aliphatic rings. The number of aromatic nitrogens is 1. The van der Waals surface area contributed by atoms with Gasteiger partial charge in [-0.15, -0.1) is 0 Å². The molecule has 32 heavy (non-hydrogen) atoms. The molecule has 0 radical (unpaired) electrons. The first kappa shape index (κ1) is 23.5. The normalized spacial score (nSPS) is 18.1. The number of ether oxygens (including phenoxy) is 2. The molecular formula is C25H30N2O5. The van der Waals surface area contributed by atoms with E-state index in [0.717, 1.165) is 5.56 Å². The maximum absolute atomic E-state index is 13.0. The van der Waals surface area contributed by atoms with Gasteiger partial charge in [0, 0.05) is 24.5 Å². The van der Waals surface area contributed by atoms with Crippen LogP contribution in [0.15, 0.2) is 48.3 Å². The molecule has 0 aliphatic carbocycles. The first-order valence-electron chi connectivity index (χ1n) is 10.8. The molecule has 7 nitrogen and oxygen atoms in total. The van der Waals surface area contributed by atoms with Crippen molar-refractivity contribution < 1.29 is 24.2 Å². The lowest BCUT2D eigenvalue weighted by molar-refractivity contribution is -0.140. The van der Waals surface area contributed by atoms with Crippen LogP contribution < -0.4 is 4.74 Å². The van der Waals surface area contributed by atoms with Gasteiger partial charge in [0.1, 0.15) is 11.5 Å². The quantitative estimate of drug-likeness (QED) is 0.380. The fraction of sp³-hybridized carbons (Fsp3) is 0.400. The number of ketones is 1. The Morgan fingerprint density at radius 1 is 1.16 bits per heavy atom. The molecule has 0 saturated carbocycles. The summed E-state index contributed by atoms with van der Waals surface area (Å²) in [6.07, 6.45) is 3.23. The largest absolute Gasteiger partial charge is 0.507 e. The Morgan fingerprint density at radius 3 is 2.50 bits per heavy atom. The van der Waals surface area contributed by atoms with Crippen LogP contribution in [0.2, 0.25) is 0 Å². The molecule has 1 aromatic heterocycles. The van der Waals surface area contributed by atoms with E-state index >= 15 is 0 Å². The fourth-order valence-electron chi connectivity index (χ4n) is 3.72. The highest BCUT2D eigenvalue weighted by atomic mass is 16.5. The summed E-state index contributed by atoms with van der Waals surface area (Å²) in [6, 6.07) is 7.99. The highest BCUT2D eigenvalue weighted by Crippen LogP contribution is 2.39. The Bertz CT molecular complexity index is 1010. The number of hydrogen-bond donors (Lipinski definition) is 1. The molecule has 1 aliphatic heterocycles. The van der Waals surface area contributed by atoms with Crippen molar-refractivity contribution in [1.29, 1.82) is 0 Å². The van der Waals surface area contributed by atoms with Crippen molar-refractivity contribution >= 4 is 17.4 Å². The number of carbonyl (C=O) groups is 2. The molecule has 1 fully saturated rings. The molecule has 1 aromatic carbocycles. The third-order valence-corrected chi connectivity index (χ3v) is 5.13. The number of Topliss-reactive ketones (excluding diaryl/α,β-unsaturated/α-hetero) is 1. The van der Waals surface area contributed by atoms with Crippen LogP contribution in [0, 0.1) is 6.92 Å². The van der Waals surface area contributed by atoms with Gasteiger partial charge in [0.25, 0.3) is 11.7 Å². The first-order valence-corrected chi connectivity index (χ1v) is 10.8. The molecule has 1 unspecified atom stereocenters. The molecule has 7 heteroatoms. The second kappa shape index (κ2) is 9.96. The second-order valence-corrected chi connectivity index (χ2v) is 8.35. The van der Waals surface area contributed by atoms with Gasteiger partial charge in [-0.2, -0.15) is 0 Å². The van der Waals surface area contributed by atoms with Crippen LogP contribution in [0.3, 0.4) is 0 Å². The third kappa shape index (κ3) is 4.99. The summed E-state index contributed by atoms with van der Waals surface area (Å²) in [7, 11) is 0. The fourth-order valence-corrected chi connectivity index (χ4v) is 3.72. The van der Waals surface area contributed by atoms with E-state index in [1.165, 1.54) is 4.90 Å². The Morgan fingerprint density at radius 2 is 1.91 bits per heavy atom. The molecule has 170 valence electrons. The summed E-state index contributed by atoms with van der Waals surface area (Å²) in [5, 5.41) is 11.2. The van der Waals surface area contributed by atoms with E-state index < -0.39 is 17.7 Å². The lowest BCUT2D eigenvalue weighted by atomic mass is 9.95. The Labute approximate surface area is 188 Å². The van der Waals surface area contributed by atoms with Crippen molar-refractivity contribution in [2.75, 3.05) is 13.2 Å². The number of aliphatic hydroxyl groups is 1. The van der Waals surface area contributed by atoms with Crippen molar-refractivity contribution in [3.05, 3.63) is 65.0 Å². The van der Waals surface area contributed by atoms with E-state index in [1.54, 1.807) is 42.7 Å². The van der Waals surface area contributed by atoms with Crippen LogP contribution in [-0.2, 0) is 14.3 Å². The van der Waals surface area contributed by atoms with Crippen molar-refractivity contribution in [2.24, 2.45) is 0 Å². The summed E-state index contributed by atoms with van der Waals surface area (Å²) in [6.45, 7) is 10.1. The van der Waals surface area contributed by atoms with Gasteiger partial charge in [-0.1, -0.05) is 6.07 Å². The summed E-state index contributed by atoms with van der Waals surface area (Å²) in [5.74, 6) is -0.902. The van der Waals surface area contributed by atoms with Crippen molar-refractivity contribution in [1.82, 2.24) is 9.88 Å². The van der Waals surface area contributed by atoms with Gasteiger partial charge in [0.2, 0.25) is 0 Å². The van der Waals surface area contributed by atoms with Gasteiger partial charge in [-0.25, -0.2) is 0 Å². The van der Waals surface area contributed by atoms with Crippen molar-refractivity contribution in [3.63, 3.8) is 0 Å². The monoisotopic (exact) mass is 438 g/mol. The average molecular weight is 439 g/mol. The molecule has 1 saturated heterocycles. The maximum atomic E-state index is 13.0. The molecule has 3 rings (SSSR count). The Balaban J connectivity index is 2.05. The topological polar surface area (TPSA) is 89.0 Å². The highest BCUT2D eigenvalue weighted by Gasteiger charge is 2.46. The van der Waals surface area contributed by atoms with E-state index in [1.807, 2.05) is 34.6 Å². The predicted octanol–water partition coefficient (Wildman–Crippen LogP) is 4.02. The van der Waals surface area contributed by atoms with Gasteiger partial charge in [-0.05, 0) is 70.0 Å². The number of amides is 1. The number of rotatable bonds is 8. The van der Waals surface area contributed by atoms with E-state index in [9.17, 15) is 14.7 Å². The zero-order valence-corrected chi connectivity index (χ0v) is 19.2. The van der Waals surface area contributed by atoms with E-state index in [-0.39, 0.29) is 36.7 Å². The number of nitrogens with zero attached hydrogens (tertiary/aromatic N) is 2. The van der Waals surface area contributed by atoms with E-state index in [2.05, 4.69) is 4.98 Å². The zero-order valence-electron chi connectivity index (χ0n) is 19.2. The summed E-state index contributed by atoms with van der Waals surface area (Å²) >= 11 is 0. The minimum atomic E-state index is -0.744. The number of pyridine rings is 1. The minimum absolute atomic E-state index is 0.00166. The van der Waals surface area contributed by atoms with Gasteiger partial charge in [0.15, 0.2) is 0 Å². The van der Waals surface area contributed by atoms with Crippen LogP contribution in [-0.4, -0.2) is 52.0 Å². The van der Waals surface area contributed by atoms with Crippen LogP contribution in [0.4, 0.5) is 0 Å². The summed E-state index contributed by atoms with van der Waals surface area (Å²) < 4.78 is 11.4. The van der Waals surface area contributed by atoms with Crippen LogP contribution in [0.25, 0.3) is 5.76 Å². The summed E-state index contributed by atoms with van der Waals surface area (Å²) in [5.41, 5.74) is 1.96. The molecule has 1 N–H and O–H groups in total. The van der Waals surface area contributed by atoms with Crippen LogP contribution >= 0.6 is 0 Å². The number of aliphatic hydroxyl groups excluding tert-OH is 1. The molecule has 1 amide bonds. The smallest absolute Gasteiger partial charge is 0.295 e. The van der Waals surface area contributed by atoms with Gasteiger partial charge >= 0.3 is 0 Å². The number of benzene rings is 1. The number of carbonyl (C=O) groups excluding carboxylic acids is 2. The maximum Gasteiger partial charge on any atom is 0.295 e. The third-order valence-electron chi connectivity index (χ3n) is 5.13. The zero-order chi connectivity index (χ0) is 23.4.